The molecule has 6 nitrogen and oxygen atoms in total. The summed E-state index contributed by atoms with van der Waals surface area (Å²) in [6, 6.07) is 10.6. The Kier molecular flexibility index (Phi) is 5.45. The molecule has 0 radical (unpaired) electrons. The zero-order valence-electron chi connectivity index (χ0n) is 17.7. The van der Waals surface area contributed by atoms with E-state index in [1.807, 2.05) is 6.07 Å². The molecule has 0 atom stereocenters. The Morgan fingerprint density at radius 2 is 1.68 bits per heavy atom. The van der Waals surface area contributed by atoms with E-state index >= 15 is 0 Å². The summed E-state index contributed by atoms with van der Waals surface area (Å²) < 4.78 is 5.18. The number of hydrogen-bond acceptors (Lipinski definition) is 5. The summed E-state index contributed by atoms with van der Waals surface area (Å²) in [6.07, 6.45) is 3.38. The van der Waals surface area contributed by atoms with Gasteiger partial charge in [0.05, 0.1) is 6.54 Å². The van der Waals surface area contributed by atoms with Crippen LogP contribution in [0, 0.1) is 5.41 Å². The topological polar surface area (TPSA) is 59.1 Å². The first-order chi connectivity index (χ1) is 13.1. The molecule has 0 N–H and O–H groups in total. The molecule has 0 aromatic heterocycles. The van der Waals surface area contributed by atoms with Crippen LogP contribution in [0.25, 0.3) is 0 Å². The Morgan fingerprint density at radius 1 is 1.07 bits per heavy atom. The molecule has 1 saturated heterocycles. The number of amides is 1. The zero-order chi connectivity index (χ0) is 20.6. The van der Waals surface area contributed by atoms with Gasteiger partial charge in [-0.25, -0.2) is 4.79 Å². The van der Waals surface area contributed by atoms with Crippen molar-refractivity contribution in [2.24, 2.45) is 5.41 Å². The lowest BCUT2D eigenvalue weighted by Crippen LogP contribution is -2.47. The molecule has 1 amide bonds. The highest BCUT2D eigenvalue weighted by Crippen LogP contribution is 2.52. The van der Waals surface area contributed by atoms with Gasteiger partial charge in [-0.05, 0) is 66.1 Å². The molecular weight excluding hydrogens is 356 g/mol. The lowest BCUT2D eigenvalue weighted by atomic mass is 9.64. The molecule has 0 unspecified atom stereocenters. The second-order valence-corrected chi connectivity index (χ2v) is 9.45. The summed E-state index contributed by atoms with van der Waals surface area (Å²) in [4.78, 5) is 32.0. The first kappa shape index (κ1) is 20.6. The van der Waals surface area contributed by atoms with E-state index in [1.165, 1.54) is 10.6 Å². The molecule has 1 aliphatic heterocycles. The summed E-state index contributed by atoms with van der Waals surface area (Å²) in [5, 5.41) is 1.21. The maximum atomic E-state index is 12.5. The monoisotopic (exact) mass is 388 g/mol. The maximum absolute atomic E-state index is 12.5. The molecule has 1 aliphatic carbocycles. The Morgan fingerprint density at radius 3 is 2.21 bits per heavy atom. The van der Waals surface area contributed by atoms with Crippen LogP contribution in [0.15, 0.2) is 30.3 Å². The van der Waals surface area contributed by atoms with Gasteiger partial charge >= 0.3 is 6.16 Å². The van der Waals surface area contributed by atoms with E-state index in [0.29, 0.717) is 13.0 Å². The van der Waals surface area contributed by atoms with Crippen molar-refractivity contribution in [3.05, 3.63) is 35.9 Å². The molecular formula is C22H32N2O4. The smallest absolute Gasteiger partial charge is 0.427 e. The van der Waals surface area contributed by atoms with Gasteiger partial charge in [0, 0.05) is 17.4 Å². The molecule has 2 aliphatic rings. The quantitative estimate of drug-likeness (QED) is 0.730. The van der Waals surface area contributed by atoms with Crippen molar-refractivity contribution in [2.75, 3.05) is 20.6 Å². The summed E-state index contributed by atoms with van der Waals surface area (Å²) >= 11 is 0. The molecule has 3 rings (SSSR count). The number of rotatable bonds is 3. The van der Waals surface area contributed by atoms with Crippen LogP contribution in [0.2, 0.25) is 0 Å². The lowest BCUT2D eigenvalue weighted by Gasteiger charge is -2.48. The van der Waals surface area contributed by atoms with Crippen molar-refractivity contribution < 1.29 is 19.2 Å². The minimum atomic E-state index is -0.819. The fourth-order valence-corrected chi connectivity index (χ4v) is 4.57. The molecule has 1 aromatic carbocycles. The Labute approximate surface area is 167 Å². The van der Waals surface area contributed by atoms with E-state index in [4.69, 9.17) is 9.57 Å². The normalized spacial score (nSPS) is 28.1. The third kappa shape index (κ3) is 4.17. The third-order valence-corrected chi connectivity index (χ3v) is 6.16. The van der Waals surface area contributed by atoms with Crippen LogP contribution in [0.5, 0.6) is 0 Å². The number of hydroxylamine groups is 2. The standard InChI is InChI=1S/C22H32N2O4/c1-20(2,3)27-19(26)28-24-16-21(15-18(24)25)11-13-22(14-12-21,23(4)5)17-9-7-6-8-10-17/h6-10H,11-16H2,1-5H3. The van der Waals surface area contributed by atoms with Crippen LogP contribution in [0.1, 0.15) is 58.4 Å². The van der Waals surface area contributed by atoms with Crippen LogP contribution in [-0.2, 0) is 19.9 Å². The summed E-state index contributed by atoms with van der Waals surface area (Å²) in [5.74, 6) is -0.136. The Hall–Kier alpha value is -2.08. The van der Waals surface area contributed by atoms with E-state index in [9.17, 15) is 9.59 Å². The summed E-state index contributed by atoms with van der Waals surface area (Å²) in [6.45, 7) is 5.76. The van der Waals surface area contributed by atoms with E-state index in [-0.39, 0.29) is 16.9 Å². The molecule has 2 fully saturated rings. The number of benzene rings is 1. The fourth-order valence-electron chi connectivity index (χ4n) is 4.57. The highest BCUT2D eigenvalue weighted by molar-refractivity contribution is 5.79. The third-order valence-electron chi connectivity index (χ3n) is 6.16. The van der Waals surface area contributed by atoms with Gasteiger partial charge in [0.25, 0.3) is 5.91 Å². The maximum Gasteiger partial charge on any atom is 0.534 e. The SMILES string of the molecule is CN(C)C1(c2ccccc2)CCC2(CC1)CC(=O)N(OC(=O)OC(C)(C)C)C2. The predicted octanol–water partition coefficient (Wildman–Crippen LogP) is 4.10. The van der Waals surface area contributed by atoms with Gasteiger partial charge in [-0.3, -0.25) is 9.69 Å². The van der Waals surface area contributed by atoms with Crippen molar-refractivity contribution in [2.45, 2.75) is 64.0 Å². The largest absolute Gasteiger partial charge is 0.534 e. The minimum Gasteiger partial charge on any atom is -0.427 e. The highest BCUT2D eigenvalue weighted by atomic mass is 16.8. The van der Waals surface area contributed by atoms with E-state index in [1.54, 1.807) is 20.8 Å². The van der Waals surface area contributed by atoms with Crippen molar-refractivity contribution in [1.82, 2.24) is 9.96 Å². The average molecular weight is 389 g/mol. The van der Waals surface area contributed by atoms with Gasteiger partial charge in [-0.2, -0.15) is 5.06 Å². The van der Waals surface area contributed by atoms with Gasteiger partial charge in [0.15, 0.2) is 0 Å². The fraction of sp³-hybridized carbons (Fsp3) is 0.636. The Bertz CT molecular complexity index is 716. The molecule has 0 bridgehead atoms. The molecule has 1 aromatic rings. The molecule has 1 heterocycles. The van der Waals surface area contributed by atoms with E-state index < -0.39 is 11.8 Å². The van der Waals surface area contributed by atoms with Crippen LogP contribution in [0.4, 0.5) is 4.79 Å². The molecule has 28 heavy (non-hydrogen) atoms. The van der Waals surface area contributed by atoms with Crippen molar-refractivity contribution in [3.63, 3.8) is 0 Å². The number of hydrogen-bond donors (Lipinski definition) is 0. The number of nitrogens with zero attached hydrogens (tertiary/aromatic N) is 2. The average Bonchev–Trinajstić information content (AvgIpc) is 2.90. The van der Waals surface area contributed by atoms with Crippen LogP contribution < -0.4 is 0 Å². The second-order valence-electron chi connectivity index (χ2n) is 9.45. The zero-order valence-corrected chi connectivity index (χ0v) is 17.7. The van der Waals surface area contributed by atoms with Crippen LogP contribution >= 0.6 is 0 Å². The molecule has 6 heteroatoms. The van der Waals surface area contributed by atoms with E-state index in [2.05, 4.69) is 43.3 Å². The van der Waals surface area contributed by atoms with Crippen LogP contribution in [0.3, 0.4) is 0 Å². The first-order valence-electron chi connectivity index (χ1n) is 10.00. The lowest BCUT2D eigenvalue weighted by molar-refractivity contribution is -0.170. The number of carbonyl (C=O) groups is 2. The van der Waals surface area contributed by atoms with Crippen LogP contribution in [-0.4, -0.2) is 48.3 Å². The first-order valence-corrected chi connectivity index (χ1v) is 10.00. The van der Waals surface area contributed by atoms with Gasteiger partial charge in [0.1, 0.15) is 5.60 Å². The second kappa shape index (κ2) is 7.39. The van der Waals surface area contributed by atoms with Crippen molar-refractivity contribution in [1.29, 1.82) is 0 Å². The van der Waals surface area contributed by atoms with Gasteiger partial charge in [-0.1, -0.05) is 30.3 Å². The molecule has 1 spiro atoms. The van der Waals surface area contributed by atoms with Crippen molar-refractivity contribution in [3.8, 4) is 0 Å². The molecule has 154 valence electrons. The van der Waals surface area contributed by atoms with Gasteiger partial charge in [-0.15, -0.1) is 0 Å². The summed E-state index contributed by atoms with van der Waals surface area (Å²) in [7, 11) is 4.26. The highest BCUT2D eigenvalue weighted by Gasteiger charge is 2.51. The Balaban J connectivity index is 1.68. The van der Waals surface area contributed by atoms with Gasteiger partial charge in [0.2, 0.25) is 0 Å². The van der Waals surface area contributed by atoms with Gasteiger partial charge < -0.3 is 9.57 Å². The summed E-state index contributed by atoms with van der Waals surface area (Å²) in [5.41, 5.74) is 0.521. The minimum absolute atomic E-state index is 0.0188. The predicted molar refractivity (Wildman–Crippen MR) is 106 cm³/mol. The number of ether oxygens (including phenoxy) is 1. The van der Waals surface area contributed by atoms with E-state index in [0.717, 1.165) is 25.7 Å². The molecule has 1 saturated carbocycles. The number of carbonyl (C=O) groups excluding carboxylic acids is 2. The van der Waals surface area contributed by atoms with Crippen molar-refractivity contribution >= 4 is 12.1 Å².